The van der Waals surface area contributed by atoms with Gasteiger partial charge >= 0.3 is 0 Å². The fourth-order valence-corrected chi connectivity index (χ4v) is 3.63. The second-order valence-electron chi connectivity index (χ2n) is 6.60. The highest BCUT2D eigenvalue weighted by atomic mass is 32.2. The van der Waals surface area contributed by atoms with Gasteiger partial charge in [0.15, 0.2) is 16.8 Å². The molecule has 1 amide bonds. The van der Waals surface area contributed by atoms with Gasteiger partial charge in [-0.1, -0.05) is 13.0 Å². The van der Waals surface area contributed by atoms with Gasteiger partial charge in [0.2, 0.25) is 5.91 Å². The molecule has 3 aromatic rings. The lowest BCUT2D eigenvalue weighted by Gasteiger charge is -2.11. The van der Waals surface area contributed by atoms with Crippen molar-refractivity contribution in [3.63, 3.8) is 0 Å². The number of aromatic hydroxyl groups is 1. The Morgan fingerprint density at radius 3 is 2.56 bits per heavy atom. The van der Waals surface area contributed by atoms with E-state index in [1.807, 2.05) is 6.92 Å². The van der Waals surface area contributed by atoms with Crippen molar-refractivity contribution >= 4 is 56.9 Å². The Bertz CT molecular complexity index is 1170. The number of fused-ring (bicyclic) bond motifs is 1. The van der Waals surface area contributed by atoms with Crippen molar-refractivity contribution in [1.82, 2.24) is 0 Å². The number of phenols is 1. The molecule has 0 heterocycles. The summed E-state index contributed by atoms with van der Waals surface area (Å²) in [6.07, 6.45) is 0.857. The lowest BCUT2D eigenvalue weighted by molar-refractivity contribution is -0.190. The van der Waals surface area contributed by atoms with Crippen LogP contribution in [0.25, 0.3) is 10.8 Å². The molecule has 1 unspecified atom stereocenters. The summed E-state index contributed by atoms with van der Waals surface area (Å²) in [6, 6.07) is 13.0. The van der Waals surface area contributed by atoms with E-state index in [0.717, 1.165) is 23.4 Å². The minimum absolute atomic E-state index is 0.0945. The number of anilines is 1. The van der Waals surface area contributed by atoms with Gasteiger partial charge in [-0.15, -0.1) is 5.11 Å². The van der Waals surface area contributed by atoms with Crippen molar-refractivity contribution in [3.8, 4) is 5.75 Å². The Morgan fingerprint density at radius 2 is 1.91 bits per heavy atom. The smallest absolute Gasteiger partial charge is 0.221 e. The average Bonchev–Trinajstić information content (AvgIpc) is 2.76. The van der Waals surface area contributed by atoms with Crippen LogP contribution >= 0.6 is 12.0 Å². The Kier molecular flexibility index (Phi) is 8.31. The van der Waals surface area contributed by atoms with Crippen molar-refractivity contribution in [2.24, 2.45) is 10.2 Å². The standard InChI is InChI=1S/C21H21N3O6S2/c1-3-10-29-30-31-16-7-5-15(6-8-16)23-24-18-9-4-14-11-17(32(27)28)12-19(22-13(2)25)20(14)21(18)26/h4-9,11-12,26H,3,10H2,1-2H3,(H,22,25)(H,27,28). The molecule has 32 heavy (non-hydrogen) atoms. The van der Waals surface area contributed by atoms with Crippen LogP contribution in [-0.2, 0) is 25.1 Å². The molecule has 168 valence electrons. The Balaban J connectivity index is 1.86. The van der Waals surface area contributed by atoms with E-state index in [9.17, 15) is 18.7 Å². The lowest BCUT2D eigenvalue weighted by atomic mass is 10.1. The molecule has 0 aliphatic carbocycles. The van der Waals surface area contributed by atoms with Crippen LogP contribution in [0.2, 0.25) is 0 Å². The number of nitrogens with zero attached hydrogens (tertiary/aromatic N) is 2. The summed E-state index contributed by atoms with van der Waals surface area (Å²) in [7, 11) is 0. The summed E-state index contributed by atoms with van der Waals surface area (Å²) >= 11 is -1.16. The monoisotopic (exact) mass is 475 g/mol. The Labute approximate surface area is 191 Å². The number of amides is 1. The summed E-state index contributed by atoms with van der Waals surface area (Å²) in [5.74, 6) is -0.598. The van der Waals surface area contributed by atoms with Crippen LogP contribution in [0.15, 0.2) is 68.6 Å². The minimum Gasteiger partial charge on any atom is -0.505 e. The van der Waals surface area contributed by atoms with Crippen LogP contribution < -0.4 is 5.32 Å². The first-order chi connectivity index (χ1) is 15.4. The highest BCUT2D eigenvalue weighted by Crippen LogP contribution is 2.40. The van der Waals surface area contributed by atoms with Gasteiger partial charge in [-0.2, -0.15) is 9.45 Å². The van der Waals surface area contributed by atoms with E-state index in [4.69, 9.17) is 9.22 Å². The Morgan fingerprint density at radius 1 is 1.16 bits per heavy atom. The van der Waals surface area contributed by atoms with Gasteiger partial charge in [0, 0.05) is 17.2 Å². The van der Waals surface area contributed by atoms with Crippen LogP contribution in [0.4, 0.5) is 17.1 Å². The van der Waals surface area contributed by atoms with Gasteiger partial charge in [-0.25, -0.2) is 9.10 Å². The van der Waals surface area contributed by atoms with E-state index in [1.54, 1.807) is 30.3 Å². The number of hydrogen-bond acceptors (Lipinski definition) is 8. The highest BCUT2D eigenvalue weighted by Gasteiger charge is 2.15. The molecule has 0 aromatic heterocycles. The topological polar surface area (TPSA) is 130 Å². The van der Waals surface area contributed by atoms with Gasteiger partial charge in [-0.05, 0) is 54.3 Å². The summed E-state index contributed by atoms with van der Waals surface area (Å²) in [4.78, 5) is 17.5. The number of nitrogens with one attached hydrogen (secondary N) is 1. The van der Waals surface area contributed by atoms with E-state index < -0.39 is 11.1 Å². The zero-order valence-corrected chi connectivity index (χ0v) is 18.9. The molecular weight excluding hydrogens is 454 g/mol. The maximum Gasteiger partial charge on any atom is 0.221 e. The molecular formula is C21H21N3O6S2. The SMILES string of the molecule is CCCOOSc1ccc(N=Nc2ccc3cc(S(=O)O)cc(NC(C)=O)c3c2O)cc1. The van der Waals surface area contributed by atoms with E-state index >= 15 is 0 Å². The molecule has 1 atom stereocenters. The second-order valence-corrected chi connectivity index (χ2v) is 8.34. The predicted octanol–water partition coefficient (Wildman–Crippen LogP) is 5.87. The number of rotatable bonds is 9. The minimum atomic E-state index is -2.25. The van der Waals surface area contributed by atoms with Gasteiger partial charge in [0.25, 0.3) is 0 Å². The molecule has 3 rings (SSSR count). The number of phenolic OH excluding ortho intramolecular Hbond substituents is 1. The Hall–Kier alpha value is -2.83. The van der Waals surface area contributed by atoms with E-state index in [2.05, 4.69) is 15.5 Å². The third kappa shape index (κ3) is 6.11. The van der Waals surface area contributed by atoms with E-state index in [1.165, 1.54) is 25.1 Å². The fourth-order valence-electron chi connectivity index (χ4n) is 2.74. The van der Waals surface area contributed by atoms with Crippen LogP contribution in [0.3, 0.4) is 0 Å². The molecule has 3 aromatic carbocycles. The highest BCUT2D eigenvalue weighted by molar-refractivity contribution is 7.94. The van der Waals surface area contributed by atoms with Crippen LogP contribution in [0.5, 0.6) is 5.75 Å². The zero-order chi connectivity index (χ0) is 23.1. The quantitative estimate of drug-likeness (QED) is 0.0881. The molecule has 11 heteroatoms. The number of carbonyl (C=O) groups excluding carboxylic acids is 1. The summed E-state index contributed by atoms with van der Waals surface area (Å²) in [5, 5.41) is 22.3. The largest absolute Gasteiger partial charge is 0.505 e. The van der Waals surface area contributed by atoms with Crippen molar-refractivity contribution in [3.05, 3.63) is 48.5 Å². The first kappa shape index (κ1) is 23.8. The maximum absolute atomic E-state index is 11.6. The first-order valence-electron chi connectivity index (χ1n) is 9.55. The van der Waals surface area contributed by atoms with Crippen molar-refractivity contribution < 1.29 is 27.9 Å². The molecule has 0 spiro atoms. The van der Waals surface area contributed by atoms with Crippen molar-refractivity contribution in [2.75, 3.05) is 11.9 Å². The second kappa shape index (κ2) is 11.2. The number of hydrogen-bond donors (Lipinski definition) is 3. The average molecular weight is 476 g/mol. The maximum atomic E-state index is 11.6. The van der Waals surface area contributed by atoms with Crippen molar-refractivity contribution in [1.29, 1.82) is 0 Å². The van der Waals surface area contributed by atoms with Gasteiger partial charge in [-0.3, -0.25) is 4.79 Å². The van der Waals surface area contributed by atoms with Gasteiger partial charge < -0.3 is 15.0 Å². The van der Waals surface area contributed by atoms with Crippen LogP contribution in [0, 0.1) is 0 Å². The summed E-state index contributed by atoms with van der Waals surface area (Å²) in [6.45, 7) is 3.80. The van der Waals surface area contributed by atoms with Gasteiger partial charge in [0.05, 0.1) is 34.9 Å². The zero-order valence-electron chi connectivity index (χ0n) is 17.3. The lowest BCUT2D eigenvalue weighted by Crippen LogP contribution is -2.07. The normalized spacial score (nSPS) is 12.3. The third-order valence-electron chi connectivity index (χ3n) is 4.13. The molecule has 0 bridgehead atoms. The molecule has 0 aliphatic rings. The van der Waals surface area contributed by atoms with Crippen LogP contribution in [0.1, 0.15) is 20.3 Å². The number of azo groups is 1. The number of carbonyl (C=O) groups is 1. The first-order valence-corrected chi connectivity index (χ1v) is 11.4. The number of benzene rings is 3. The van der Waals surface area contributed by atoms with Crippen molar-refractivity contribution in [2.45, 2.75) is 30.1 Å². The third-order valence-corrected chi connectivity index (χ3v) is 5.40. The molecule has 9 nitrogen and oxygen atoms in total. The molecule has 0 saturated heterocycles. The van der Waals surface area contributed by atoms with Gasteiger partial charge in [0.1, 0.15) is 5.69 Å². The van der Waals surface area contributed by atoms with Crippen LogP contribution in [-0.4, -0.2) is 26.4 Å². The molecule has 0 fully saturated rings. The predicted molar refractivity (Wildman–Crippen MR) is 123 cm³/mol. The molecule has 0 saturated carbocycles. The van der Waals surface area contributed by atoms with E-state index in [-0.39, 0.29) is 27.9 Å². The molecule has 0 radical (unpaired) electrons. The summed E-state index contributed by atoms with van der Waals surface area (Å²) in [5.41, 5.74) is 0.932. The molecule has 3 N–H and O–H groups in total. The molecule has 0 aliphatic heterocycles. The summed E-state index contributed by atoms with van der Waals surface area (Å²) < 4.78 is 25.9. The van der Waals surface area contributed by atoms with E-state index in [0.29, 0.717) is 23.1 Å². The fraction of sp³-hybridized carbons (Fsp3) is 0.190.